The molecular weight excluding hydrogens is 1120 g/mol. The molecule has 86 heavy (non-hydrogen) atoms. The Bertz CT molecular complexity index is 3320. The molecule has 9 amide bonds. The van der Waals surface area contributed by atoms with E-state index >= 15 is 8.78 Å². The number of imidazole rings is 1. The van der Waals surface area contributed by atoms with E-state index < -0.39 is 125 Å². The molecule has 458 valence electrons. The Hall–Kier alpha value is -9.13. The Labute approximate surface area is 493 Å². The van der Waals surface area contributed by atoms with Gasteiger partial charge in [0.05, 0.1) is 18.3 Å². The maximum atomic E-state index is 16.3. The number of aliphatic hydroxyl groups is 1. The molecule has 0 spiro atoms. The Morgan fingerprint density at radius 3 is 2.12 bits per heavy atom. The Morgan fingerprint density at radius 2 is 1.49 bits per heavy atom. The number of aromatic nitrogens is 2. The number of phenols is 1. The minimum Gasteiger partial charge on any atom is -0.508 e. The van der Waals surface area contributed by atoms with E-state index in [4.69, 9.17) is 15.5 Å². The maximum Gasteiger partial charge on any atom is 0.410 e. The summed E-state index contributed by atoms with van der Waals surface area (Å²) < 4.78 is 67.7. The van der Waals surface area contributed by atoms with Crippen LogP contribution in [0.4, 0.5) is 32.8 Å². The highest BCUT2D eigenvalue weighted by molar-refractivity contribution is 6.15. The molecule has 0 aliphatic carbocycles. The number of aliphatic hydroxyl groups excluding tert-OH is 1. The second-order valence-corrected chi connectivity index (χ2v) is 22.7. The fourth-order valence-electron chi connectivity index (χ4n) is 10.3. The number of phenolic OH excluding ortho intramolecular Hbond substituents is 1. The summed E-state index contributed by atoms with van der Waals surface area (Å²) in [5.41, 5.74) is 5.78. The van der Waals surface area contributed by atoms with Crippen LogP contribution in [0.1, 0.15) is 82.9 Å². The summed E-state index contributed by atoms with van der Waals surface area (Å²) in [5.74, 6) is -8.17. The number of imide groups is 1. The number of primary amides is 1. The molecule has 25 heteroatoms. The van der Waals surface area contributed by atoms with Gasteiger partial charge in [-0.1, -0.05) is 71.0 Å². The van der Waals surface area contributed by atoms with Crippen molar-refractivity contribution in [3.8, 4) is 17.0 Å². The molecule has 7 unspecified atom stereocenters. The number of nitrogens with one attached hydrogen (secondary N) is 4. The van der Waals surface area contributed by atoms with Gasteiger partial charge in [-0.3, -0.25) is 33.7 Å². The third-order valence-corrected chi connectivity index (χ3v) is 14.6. The van der Waals surface area contributed by atoms with Crippen molar-refractivity contribution in [2.24, 2.45) is 23.0 Å². The normalized spacial score (nSPS) is 16.7. The van der Waals surface area contributed by atoms with E-state index in [1.807, 2.05) is 0 Å². The van der Waals surface area contributed by atoms with E-state index in [0.29, 0.717) is 16.7 Å². The molecule has 3 heterocycles. The van der Waals surface area contributed by atoms with Crippen LogP contribution in [0.3, 0.4) is 0 Å². The topological polar surface area (TPSA) is 288 Å². The SMILES string of the molecule is CC(O)C(=O)N(CC1CN(C(=O)OCc2ccc(NC(=O)C(CCCNC(N)=O)NC(=O)C(NC(=O)C(Cc3ccc(O)cc3)N3C(=O)C=CC3=O)C(C)C)cc2)CC1F)C(c1nc(-c2cc(F)ccc2F)cn1Cc1cccc(F)c1)C(C)(C)C. The molecule has 2 aliphatic heterocycles. The fourth-order valence-corrected chi connectivity index (χ4v) is 10.3. The molecule has 7 atom stereocenters. The Morgan fingerprint density at radius 1 is 0.826 bits per heavy atom. The van der Waals surface area contributed by atoms with Crippen LogP contribution >= 0.6 is 0 Å². The van der Waals surface area contributed by atoms with Crippen molar-refractivity contribution in [3.05, 3.63) is 149 Å². The van der Waals surface area contributed by atoms with Crippen molar-refractivity contribution in [2.75, 3.05) is 31.5 Å². The maximum absolute atomic E-state index is 16.3. The average Bonchev–Trinajstić information content (AvgIpc) is 1.86. The van der Waals surface area contributed by atoms with Gasteiger partial charge in [-0.25, -0.2) is 32.1 Å². The standard InChI is InChI=1S/C61H70F4N10O11/c1-34(2)52(71-56(81)49(75-50(78)22-23-51(75)79)26-36-14-19-43(77)20-15-36)57(82)70-47(11-8-24-67-59(66)84)55(80)68-42-17-12-37(13-18-42)33-86-60(85)73-29-39(46(65)31-73)30-74(58(83)35(3)76)53(61(4,5)6)54-69-48(44-27-41(63)16-21-45(44)64)32-72(54)28-38-9-7-10-40(62)25-38/h7,9-10,12-23,25,27,32,34-35,39,46-47,49,52-53,76-77H,8,11,24,26,28-31,33H2,1-6H3,(H,68,80)(H,70,82)(H,71,81)(H3,66,67,84). The highest BCUT2D eigenvalue weighted by Gasteiger charge is 2.45. The van der Waals surface area contributed by atoms with Crippen molar-refractivity contribution in [1.29, 1.82) is 0 Å². The number of anilines is 1. The number of nitrogens with two attached hydrogens (primary N) is 1. The zero-order valence-corrected chi connectivity index (χ0v) is 48.3. The summed E-state index contributed by atoms with van der Waals surface area (Å²) in [6.45, 7) is 8.60. The van der Waals surface area contributed by atoms with Crippen molar-refractivity contribution in [1.82, 2.24) is 40.2 Å². The predicted molar refractivity (Wildman–Crippen MR) is 306 cm³/mol. The molecule has 1 saturated heterocycles. The quantitative estimate of drug-likeness (QED) is 0.0207. The van der Waals surface area contributed by atoms with Gasteiger partial charge in [0.1, 0.15) is 66.0 Å². The van der Waals surface area contributed by atoms with Crippen molar-refractivity contribution in [2.45, 2.75) is 110 Å². The van der Waals surface area contributed by atoms with Crippen LogP contribution in [0.5, 0.6) is 5.75 Å². The lowest BCUT2D eigenvalue weighted by molar-refractivity contribution is -0.146. The first-order valence-electron chi connectivity index (χ1n) is 27.9. The third kappa shape index (κ3) is 16.6. The van der Waals surface area contributed by atoms with Gasteiger partial charge in [0.25, 0.3) is 17.7 Å². The molecule has 4 aromatic carbocycles. The molecule has 21 nitrogen and oxygen atoms in total. The lowest BCUT2D eigenvalue weighted by Gasteiger charge is -2.41. The lowest BCUT2D eigenvalue weighted by atomic mass is 9.84. The zero-order chi connectivity index (χ0) is 62.7. The van der Waals surface area contributed by atoms with Crippen LogP contribution < -0.4 is 27.0 Å². The average molecular weight is 1200 g/mol. The van der Waals surface area contributed by atoms with Gasteiger partial charge < -0.3 is 56.3 Å². The number of amides is 9. The van der Waals surface area contributed by atoms with Gasteiger partial charge in [-0.2, -0.15) is 0 Å². The molecule has 7 rings (SSSR count). The van der Waals surface area contributed by atoms with E-state index in [1.165, 1.54) is 72.6 Å². The van der Waals surface area contributed by atoms with E-state index in [-0.39, 0.29) is 80.6 Å². The molecule has 0 bridgehead atoms. The largest absolute Gasteiger partial charge is 0.508 e. The number of urea groups is 1. The number of ether oxygens (including phenoxy) is 1. The van der Waals surface area contributed by atoms with Crippen molar-refractivity contribution < 1.29 is 70.9 Å². The minimum absolute atomic E-state index is 0.00329. The second kappa shape index (κ2) is 28.2. The molecule has 2 aliphatic rings. The number of likely N-dealkylation sites (tertiary alicyclic amines) is 1. The number of aromatic hydroxyl groups is 1. The van der Waals surface area contributed by atoms with Crippen LogP contribution in [0, 0.1) is 34.7 Å². The number of rotatable bonds is 24. The van der Waals surface area contributed by atoms with Crippen LogP contribution in [0.15, 0.2) is 109 Å². The fraction of sp³-hybridized carbons (Fsp3) is 0.393. The summed E-state index contributed by atoms with van der Waals surface area (Å²) in [5, 5.41) is 31.1. The summed E-state index contributed by atoms with van der Waals surface area (Å²) in [6.07, 6.45) is -0.689. The monoisotopic (exact) mass is 1190 g/mol. The Balaban J connectivity index is 1.01. The van der Waals surface area contributed by atoms with Gasteiger partial charge in [-0.15, -0.1) is 0 Å². The first kappa shape index (κ1) is 64.4. The molecule has 0 saturated carbocycles. The van der Waals surface area contributed by atoms with Gasteiger partial charge >= 0.3 is 12.1 Å². The number of alkyl halides is 1. The van der Waals surface area contributed by atoms with Crippen LogP contribution in [-0.4, -0.2) is 139 Å². The molecule has 0 radical (unpaired) electrons. The van der Waals surface area contributed by atoms with E-state index in [1.54, 1.807) is 57.4 Å². The van der Waals surface area contributed by atoms with Crippen LogP contribution in [0.25, 0.3) is 11.3 Å². The molecule has 5 aromatic rings. The second-order valence-electron chi connectivity index (χ2n) is 22.7. The molecular formula is C61H70F4N10O11. The van der Waals surface area contributed by atoms with Crippen LogP contribution in [-0.2, 0) is 53.1 Å². The van der Waals surface area contributed by atoms with Gasteiger partial charge in [0.15, 0.2) is 0 Å². The van der Waals surface area contributed by atoms with Gasteiger partial charge in [-0.05, 0) is 102 Å². The van der Waals surface area contributed by atoms with Gasteiger partial charge in [0, 0.05) is 68.1 Å². The molecule has 1 aromatic heterocycles. The summed E-state index contributed by atoms with van der Waals surface area (Å²) in [7, 11) is 0. The lowest BCUT2D eigenvalue weighted by Crippen LogP contribution is -2.59. The third-order valence-electron chi connectivity index (χ3n) is 14.6. The summed E-state index contributed by atoms with van der Waals surface area (Å²) >= 11 is 0. The van der Waals surface area contributed by atoms with Gasteiger partial charge in [0.2, 0.25) is 17.7 Å². The van der Waals surface area contributed by atoms with E-state index in [0.717, 1.165) is 40.2 Å². The highest BCUT2D eigenvalue weighted by atomic mass is 19.1. The first-order valence-corrected chi connectivity index (χ1v) is 27.9. The van der Waals surface area contributed by atoms with Crippen LogP contribution in [0.2, 0.25) is 0 Å². The number of hydrogen-bond acceptors (Lipinski definition) is 12. The smallest absolute Gasteiger partial charge is 0.410 e. The first-order chi connectivity index (χ1) is 40.7. The summed E-state index contributed by atoms with van der Waals surface area (Å²) in [6, 6.07) is 14.6. The number of hydrogen-bond donors (Lipinski definition) is 7. The van der Waals surface area contributed by atoms with E-state index in [9.17, 15) is 57.4 Å². The number of carbonyl (C=O) groups is 8. The molecule has 1 fully saturated rings. The number of halogens is 4. The minimum atomic E-state index is -1.69. The van der Waals surface area contributed by atoms with Crippen molar-refractivity contribution >= 4 is 53.3 Å². The Kier molecular flexibility index (Phi) is 21.1. The zero-order valence-electron chi connectivity index (χ0n) is 48.3. The molecule has 8 N–H and O–H groups in total. The van der Waals surface area contributed by atoms with E-state index in [2.05, 4.69) is 21.3 Å². The highest BCUT2D eigenvalue weighted by Crippen LogP contribution is 2.41. The number of benzene rings is 4. The predicted octanol–water partition coefficient (Wildman–Crippen LogP) is 6.17. The summed E-state index contributed by atoms with van der Waals surface area (Å²) in [4.78, 5) is 115. The van der Waals surface area contributed by atoms with Crippen molar-refractivity contribution in [3.63, 3.8) is 0 Å². The number of nitrogens with zero attached hydrogens (tertiary/aromatic N) is 5. The number of carbonyl (C=O) groups excluding carboxylic acids is 8.